The molecule has 0 aliphatic carbocycles. The second-order valence-corrected chi connectivity index (χ2v) is 9.44. The van der Waals surface area contributed by atoms with Crippen molar-refractivity contribution in [1.29, 1.82) is 0 Å². The van der Waals surface area contributed by atoms with Crippen LogP contribution in [0.15, 0.2) is 83.8 Å². The van der Waals surface area contributed by atoms with Crippen molar-refractivity contribution in [2.45, 2.75) is 4.90 Å². The van der Waals surface area contributed by atoms with Gasteiger partial charge >= 0.3 is 5.97 Å². The number of sulfone groups is 1. The summed E-state index contributed by atoms with van der Waals surface area (Å²) in [6.45, 7) is 0. The molecule has 1 heterocycles. The summed E-state index contributed by atoms with van der Waals surface area (Å²) in [5, 5.41) is 14.7. The van der Waals surface area contributed by atoms with E-state index in [1.165, 1.54) is 18.2 Å². The van der Waals surface area contributed by atoms with Crippen LogP contribution in [-0.2, 0) is 9.84 Å². The molecule has 0 saturated carbocycles. The van der Waals surface area contributed by atoms with Crippen molar-refractivity contribution >= 4 is 27.4 Å². The topological polar surface area (TPSA) is 89.3 Å². The van der Waals surface area contributed by atoms with Crippen LogP contribution in [0.25, 0.3) is 28.2 Å². The van der Waals surface area contributed by atoms with Crippen LogP contribution in [0.1, 0.15) is 10.4 Å². The van der Waals surface area contributed by atoms with Crippen LogP contribution < -0.4 is 0 Å². The molecule has 156 valence electrons. The number of halogens is 1. The summed E-state index contributed by atoms with van der Waals surface area (Å²) in [6, 6.07) is 22.0. The molecule has 3 aromatic carbocycles. The average Bonchev–Trinajstić information content (AvgIpc) is 3.19. The van der Waals surface area contributed by atoms with Crippen LogP contribution in [-0.4, -0.2) is 35.5 Å². The van der Waals surface area contributed by atoms with Gasteiger partial charge in [0.2, 0.25) is 0 Å². The maximum absolute atomic E-state index is 11.8. The number of carboxylic acid groups (broad SMARTS) is 1. The van der Waals surface area contributed by atoms with Crippen molar-refractivity contribution in [3.05, 3.63) is 89.4 Å². The van der Waals surface area contributed by atoms with Crippen LogP contribution in [0.2, 0.25) is 5.02 Å². The Morgan fingerprint density at radius 2 is 1.61 bits per heavy atom. The van der Waals surface area contributed by atoms with Crippen molar-refractivity contribution < 1.29 is 18.3 Å². The molecule has 1 aromatic heterocycles. The lowest BCUT2D eigenvalue weighted by Crippen LogP contribution is -2.02. The summed E-state index contributed by atoms with van der Waals surface area (Å²) in [7, 11) is -3.33. The molecular formula is C23H17ClN2O4S. The van der Waals surface area contributed by atoms with Gasteiger partial charge < -0.3 is 5.11 Å². The number of aromatic nitrogens is 2. The summed E-state index contributed by atoms with van der Waals surface area (Å²) in [6.07, 6.45) is 1.15. The van der Waals surface area contributed by atoms with Gasteiger partial charge in [-0.15, -0.1) is 0 Å². The van der Waals surface area contributed by atoms with E-state index in [0.29, 0.717) is 27.7 Å². The number of hydrogen-bond donors (Lipinski definition) is 1. The minimum Gasteiger partial charge on any atom is -0.478 e. The zero-order valence-corrected chi connectivity index (χ0v) is 17.9. The van der Waals surface area contributed by atoms with Crippen LogP contribution in [0.5, 0.6) is 0 Å². The van der Waals surface area contributed by atoms with Gasteiger partial charge in [0.1, 0.15) is 0 Å². The van der Waals surface area contributed by atoms with E-state index in [4.69, 9.17) is 16.7 Å². The van der Waals surface area contributed by atoms with Crippen LogP contribution in [0.4, 0.5) is 0 Å². The Kier molecular flexibility index (Phi) is 5.39. The number of aromatic carboxylic acids is 1. The van der Waals surface area contributed by atoms with Crippen molar-refractivity contribution in [3.63, 3.8) is 0 Å². The summed E-state index contributed by atoms with van der Waals surface area (Å²) in [5.41, 5.74) is 3.64. The van der Waals surface area contributed by atoms with Gasteiger partial charge in [-0.05, 0) is 54.6 Å². The normalized spacial score (nSPS) is 11.4. The van der Waals surface area contributed by atoms with Crippen molar-refractivity contribution in [2.75, 3.05) is 6.26 Å². The van der Waals surface area contributed by atoms with E-state index in [9.17, 15) is 18.3 Å². The highest BCUT2D eigenvalue weighted by molar-refractivity contribution is 7.90. The van der Waals surface area contributed by atoms with E-state index in [-0.39, 0.29) is 10.5 Å². The van der Waals surface area contributed by atoms with Crippen molar-refractivity contribution in [1.82, 2.24) is 9.78 Å². The van der Waals surface area contributed by atoms with Gasteiger partial charge in [0, 0.05) is 22.4 Å². The number of rotatable bonds is 5. The van der Waals surface area contributed by atoms with Crippen LogP contribution in [0.3, 0.4) is 0 Å². The molecule has 0 spiro atoms. The minimum atomic E-state index is -3.33. The van der Waals surface area contributed by atoms with E-state index in [2.05, 4.69) is 0 Å². The Hall–Kier alpha value is -3.42. The Balaban J connectivity index is 1.89. The van der Waals surface area contributed by atoms with Gasteiger partial charge in [-0.2, -0.15) is 5.10 Å². The quantitative estimate of drug-likeness (QED) is 0.462. The lowest BCUT2D eigenvalue weighted by molar-refractivity contribution is 0.0697. The van der Waals surface area contributed by atoms with Gasteiger partial charge in [0.05, 0.1) is 27.5 Å². The second kappa shape index (κ2) is 8.02. The number of carbonyl (C=O) groups is 1. The van der Waals surface area contributed by atoms with E-state index in [1.807, 2.05) is 18.2 Å². The molecule has 0 aliphatic heterocycles. The molecule has 31 heavy (non-hydrogen) atoms. The molecule has 0 fully saturated rings. The Bertz CT molecular complexity index is 1380. The highest BCUT2D eigenvalue weighted by atomic mass is 35.5. The molecule has 6 nitrogen and oxygen atoms in total. The third-order valence-electron chi connectivity index (χ3n) is 4.76. The van der Waals surface area contributed by atoms with E-state index in [0.717, 1.165) is 11.8 Å². The molecule has 0 amide bonds. The van der Waals surface area contributed by atoms with Gasteiger partial charge in [-0.3, -0.25) is 0 Å². The molecule has 1 N–H and O–H groups in total. The largest absolute Gasteiger partial charge is 0.478 e. The van der Waals surface area contributed by atoms with Crippen LogP contribution in [0, 0.1) is 0 Å². The monoisotopic (exact) mass is 452 g/mol. The molecule has 0 unspecified atom stereocenters. The zero-order chi connectivity index (χ0) is 22.2. The molecule has 4 rings (SSSR count). The molecule has 0 atom stereocenters. The maximum Gasteiger partial charge on any atom is 0.335 e. The summed E-state index contributed by atoms with van der Waals surface area (Å²) < 4.78 is 25.3. The first-order valence-electron chi connectivity index (χ1n) is 9.22. The standard InChI is InChI=1S/C23H17ClN2O4S/c1-31(29,30)20-11-9-19(10-12-20)26-22(16-3-2-4-17(13-16)23(27)28)14-21(25-26)15-5-7-18(24)8-6-15/h2-14H,1H3,(H,27,28). The fourth-order valence-corrected chi connectivity index (χ4v) is 3.95. The van der Waals surface area contributed by atoms with Crippen LogP contribution >= 0.6 is 11.6 Å². The fraction of sp³-hybridized carbons (Fsp3) is 0.0435. The zero-order valence-electron chi connectivity index (χ0n) is 16.4. The predicted molar refractivity (Wildman–Crippen MR) is 120 cm³/mol. The lowest BCUT2D eigenvalue weighted by Gasteiger charge is -2.09. The summed E-state index contributed by atoms with van der Waals surface area (Å²) in [4.78, 5) is 11.6. The molecule has 0 saturated heterocycles. The fourth-order valence-electron chi connectivity index (χ4n) is 3.19. The third kappa shape index (κ3) is 4.38. The lowest BCUT2D eigenvalue weighted by atomic mass is 10.1. The third-order valence-corrected chi connectivity index (χ3v) is 6.14. The summed E-state index contributed by atoms with van der Waals surface area (Å²) >= 11 is 6.00. The van der Waals surface area contributed by atoms with E-state index in [1.54, 1.807) is 47.1 Å². The average molecular weight is 453 g/mol. The highest BCUT2D eigenvalue weighted by Gasteiger charge is 2.16. The second-order valence-electron chi connectivity index (χ2n) is 6.99. The Labute approximate surface area is 184 Å². The van der Waals surface area contributed by atoms with E-state index >= 15 is 0 Å². The van der Waals surface area contributed by atoms with E-state index < -0.39 is 15.8 Å². The number of nitrogens with zero attached hydrogens (tertiary/aromatic N) is 2. The molecule has 0 bridgehead atoms. The summed E-state index contributed by atoms with van der Waals surface area (Å²) in [5.74, 6) is -1.02. The smallest absolute Gasteiger partial charge is 0.335 e. The van der Waals surface area contributed by atoms with Gasteiger partial charge in [0.15, 0.2) is 9.84 Å². The van der Waals surface area contributed by atoms with Crippen molar-refractivity contribution in [3.8, 4) is 28.2 Å². The first-order valence-corrected chi connectivity index (χ1v) is 11.5. The van der Waals surface area contributed by atoms with Crippen molar-refractivity contribution in [2.24, 2.45) is 0 Å². The van der Waals surface area contributed by atoms with Gasteiger partial charge in [0.25, 0.3) is 0 Å². The van der Waals surface area contributed by atoms with Gasteiger partial charge in [-0.25, -0.2) is 17.9 Å². The molecule has 4 aromatic rings. The highest BCUT2D eigenvalue weighted by Crippen LogP contribution is 2.30. The number of carboxylic acids is 1. The first kappa shape index (κ1) is 20.8. The number of hydrogen-bond acceptors (Lipinski definition) is 4. The Morgan fingerprint density at radius 3 is 2.23 bits per heavy atom. The molecule has 8 heteroatoms. The molecule has 0 radical (unpaired) electrons. The Morgan fingerprint density at radius 1 is 0.935 bits per heavy atom. The SMILES string of the molecule is CS(=O)(=O)c1ccc(-n2nc(-c3ccc(Cl)cc3)cc2-c2cccc(C(=O)O)c2)cc1. The minimum absolute atomic E-state index is 0.158. The van der Waals surface area contributed by atoms with Gasteiger partial charge in [-0.1, -0.05) is 35.9 Å². The predicted octanol–water partition coefficient (Wildman–Crippen LogP) is 4.96. The molecule has 0 aliphatic rings. The number of benzene rings is 3. The maximum atomic E-state index is 11.8. The first-order chi connectivity index (χ1) is 14.7. The molecular weight excluding hydrogens is 436 g/mol.